The van der Waals surface area contributed by atoms with E-state index in [9.17, 15) is 28.6 Å². The van der Waals surface area contributed by atoms with Crippen molar-refractivity contribution in [1.82, 2.24) is 39.0 Å². The van der Waals surface area contributed by atoms with E-state index < -0.39 is 99.5 Å². The van der Waals surface area contributed by atoms with Gasteiger partial charge in [-0.1, -0.05) is 105 Å². The fraction of sp³-hybridized carbons (Fsp3) is 0.311. The molecule has 2 amide bonds. The average Bonchev–Trinajstić information content (AvgIpc) is 1.13. The van der Waals surface area contributed by atoms with Crippen molar-refractivity contribution in [2.75, 3.05) is 38.1 Å². The lowest BCUT2D eigenvalue weighted by atomic mass is 9.80. The van der Waals surface area contributed by atoms with Crippen molar-refractivity contribution in [3.8, 4) is 23.0 Å². The first-order valence-corrected chi connectivity index (χ1v) is 32.5. The molecular formula is C61H62Cl2N10O17P2. The van der Waals surface area contributed by atoms with Crippen LogP contribution in [0.1, 0.15) is 69.7 Å². The standard InChI is InChI=1S/C61H62Cl2N10O17P2/c1-34(2)55(74)68-59-66-53-51(57(76)70-59)64-32-72(53)49-28-45(89-91(78,79)87-43-24-16-39(62)17-25-43)48(86-49)31-84-92(80,88-44-26-18-40(63)19-27-44)90-46-29-50(73-33-65-52-54(73)67-60(71-58(52)77)69-56(75)35(3)4)85-47(46)30-83-61(36-10-8-7-9-11-36,37-12-20-41(81-5)21-13-37)38-14-22-42(82-6)23-15-38/h7-27,32-35,45-50H,28-31H2,1-6H3,(H,78,79)(H2,66,68,70,74,76)(H2,67,69,71,75,77). The van der Waals surface area contributed by atoms with Crippen molar-refractivity contribution in [3.63, 3.8) is 0 Å². The number of halogens is 2. The van der Waals surface area contributed by atoms with E-state index in [1.165, 1.54) is 70.3 Å². The van der Waals surface area contributed by atoms with Gasteiger partial charge in [0, 0.05) is 34.7 Å². The van der Waals surface area contributed by atoms with E-state index in [1.807, 2.05) is 54.6 Å². The van der Waals surface area contributed by atoms with Gasteiger partial charge in [0.1, 0.15) is 65.5 Å². The lowest BCUT2D eigenvalue weighted by molar-refractivity contribution is -0.119. The number of anilines is 2. The molecule has 9 aromatic rings. The molecule has 0 saturated carbocycles. The Bertz CT molecular complexity index is 4280. The Morgan fingerprint density at radius 1 is 0.620 bits per heavy atom. The predicted molar refractivity (Wildman–Crippen MR) is 336 cm³/mol. The summed E-state index contributed by atoms with van der Waals surface area (Å²) in [5.41, 5.74) is -1.10. The molecule has 482 valence electrons. The van der Waals surface area contributed by atoms with Crippen molar-refractivity contribution in [2.45, 2.75) is 83.0 Å². The Morgan fingerprint density at radius 2 is 1.04 bits per heavy atom. The number of amides is 2. The van der Waals surface area contributed by atoms with Gasteiger partial charge in [0.05, 0.1) is 40.1 Å². The van der Waals surface area contributed by atoms with E-state index in [-0.39, 0.29) is 65.2 Å². The van der Waals surface area contributed by atoms with Gasteiger partial charge in [0.15, 0.2) is 22.3 Å². The highest BCUT2D eigenvalue weighted by Gasteiger charge is 2.49. The Hall–Kier alpha value is -8.30. The summed E-state index contributed by atoms with van der Waals surface area (Å²) in [4.78, 5) is 86.7. The normalized spacial score (nSPS) is 19.6. The smallest absolute Gasteiger partial charge is 0.497 e. The second kappa shape index (κ2) is 27.5. The van der Waals surface area contributed by atoms with Crippen LogP contribution in [0.25, 0.3) is 22.3 Å². The van der Waals surface area contributed by atoms with Crippen LogP contribution < -0.4 is 40.3 Å². The first-order chi connectivity index (χ1) is 44.1. The number of phosphoric acid groups is 2. The van der Waals surface area contributed by atoms with Crippen LogP contribution in [0.2, 0.25) is 10.0 Å². The SMILES string of the molecule is COc1ccc(C(OCC2OC(n3cnc4c(=O)[nH]c(NC(=O)C(C)C)nc43)CC2OP(=O)(OCC2OC(n3cnc4c(=O)[nH]c(NC(=O)C(C)C)nc43)CC2OP(=O)(O)Oc2ccc(Cl)cc2)Oc2ccc(Cl)cc2)(c2ccccc2)c2ccc(OC)cc2)cc1. The number of aromatic amines is 2. The molecule has 2 saturated heterocycles. The maximum Gasteiger partial charge on any atom is 0.530 e. The molecule has 11 rings (SSSR count). The molecule has 92 heavy (non-hydrogen) atoms. The molecule has 0 aliphatic carbocycles. The summed E-state index contributed by atoms with van der Waals surface area (Å²) in [6, 6.07) is 35.4. The average molecular weight is 1340 g/mol. The largest absolute Gasteiger partial charge is 0.530 e. The number of nitrogens with zero attached hydrogens (tertiary/aromatic N) is 6. The number of rotatable bonds is 25. The first kappa shape index (κ1) is 65.2. The van der Waals surface area contributed by atoms with Gasteiger partial charge in [0.2, 0.25) is 23.7 Å². The minimum absolute atomic E-state index is 0.00673. The highest BCUT2D eigenvalue weighted by atomic mass is 35.5. The molecule has 6 heterocycles. The van der Waals surface area contributed by atoms with Gasteiger partial charge in [-0.25, -0.2) is 19.1 Å². The summed E-state index contributed by atoms with van der Waals surface area (Å²) in [7, 11) is -7.10. The van der Waals surface area contributed by atoms with Crippen LogP contribution in [-0.2, 0) is 52.1 Å². The summed E-state index contributed by atoms with van der Waals surface area (Å²) < 4.78 is 95.4. The molecular weight excluding hydrogens is 1280 g/mol. The number of nitrogens with one attached hydrogen (secondary N) is 4. The molecule has 0 radical (unpaired) electrons. The van der Waals surface area contributed by atoms with E-state index in [0.29, 0.717) is 38.2 Å². The van der Waals surface area contributed by atoms with Gasteiger partial charge >= 0.3 is 15.6 Å². The van der Waals surface area contributed by atoms with Gasteiger partial charge in [-0.15, -0.1) is 0 Å². The highest BCUT2D eigenvalue weighted by molar-refractivity contribution is 7.49. The van der Waals surface area contributed by atoms with Crippen LogP contribution in [0.3, 0.4) is 0 Å². The number of aromatic nitrogens is 8. The molecule has 0 bridgehead atoms. The van der Waals surface area contributed by atoms with Crippen molar-refractivity contribution >= 4 is 84.9 Å². The van der Waals surface area contributed by atoms with Gasteiger partial charge in [0.25, 0.3) is 11.1 Å². The minimum atomic E-state index is -5.11. The van der Waals surface area contributed by atoms with Crippen LogP contribution in [0, 0.1) is 11.8 Å². The number of hydrogen-bond acceptors (Lipinski definition) is 20. The number of ether oxygens (including phenoxy) is 5. The second-order valence-corrected chi connectivity index (χ2v) is 25.6. The van der Waals surface area contributed by atoms with E-state index >= 15 is 4.57 Å². The van der Waals surface area contributed by atoms with E-state index in [1.54, 1.807) is 66.2 Å². The number of fused-ring (bicyclic) bond motifs is 2. The Kier molecular flexibility index (Phi) is 19.5. The van der Waals surface area contributed by atoms with Crippen molar-refractivity contribution in [1.29, 1.82) is 0 Å². The van der Waals surface area contributed by atoms with Crippen LogP contribution in [0.5, 0.6) is 23.0 Å². The fourth-order valence-corrected chi connectivity index (χ4v) is 13.0. The van der Waals surface area contributed by atoms with Crippen LogP contribution in [0.4, 0.5) is 11.9 Å². The molecule has 4 aromatic heterocycles. The van der Waals surface area contributed by atoms with Crippen molar-refractivity contribution in [3.05, 3.63) is 187 Å². The quantitative estimate of drug-likeness (QED) is 0.0262. The van der Waals surface area contributed by atoms with Crippen LogP contribution in [-0.4, -0.2) is 108 Å². The number of methoxy groups -OCH3 is 2. The minimum Gasteiger partial charge on any atom is -0.497 e. The van der Waals surface area contributed by atoms with Gasteiger partial charge in [-0.3, -0.25) is 67.4 Å². The molecule has 2 fully saturated rings. The lowest BCUT2D eigenvalue weighted by Crippen LogP contribution is -2.38. The van der Waals surface area contributed by atoms with Crippen LogP contribution in [0.15, 0.2) is 150 Å². The zero-order valence-electron chi connectivity index (χ0n) is 50.0. The monoisotopic (exact) mass is 1340 g/mol. The maximum absolute atomic E-state index is 16.1. The number of carbonyl (C=O) groups is 2. The van der Waals surface area contributed by atoms with Gasteiger partial charge < -0.3 is 32.7 Å². The van der Waals surface area contributed by atoms with E-state index in [2.05, 4.69) is 40.5 Å². The van der Waals surface area contributed by atoms with Crippen molar-refractivity contribution < 1.29 is 69.9 Å². The Morgan fingerprint density at radius 3 is 1.50 bits per heavy atom. The molecule has 2 aliphatic rings. The number of carbonyl (C=O) groups excluding carboxylic acids is 2. The summed E-state index contributed by atoms with van der Waals surface area (Å²) >= 11 is 12.4. The number of phosphoric ester groups is 2. The van der Waals surface area contributed by atoms with E-state index in [4.69, 9.17) is 69.5 Å². The molecule has 0 spiro atoms. The van der Waals surface area contributed by atoms with Crippen LogP contribution >= 0.6 is 38.8 Å². The third-order valence-corrected chi connectivity index (χ3v) is 17.9. The lowest BCUT2D eigenvalue weighted by Gasteiger charge is -2.37. The Labute approximate surface area is 534 Å². The number of H-pyrrole nitrogens is 2. The third-order valence-electron chi connectivity index (χ3n) is 15.0. The Balaban J connectivity index is 0.981. The summed E-state index contributed by atoms with van der Waals surface area (Å²) in [6.45, 7) is 5.55. The molecule has 8 unspecified atom stereocenters. The predicted octanol–water partition coefficient (Wildman–Crippen LogP) is 10.5. The number of imidazole rings is 2. The molecule has 5 N–H and O–H groups in total. The summed E-state index contributed by atoms with van der Waals surface area (Å²) in [6.07, 6.45) is -5.67. The van der Waals surface area contributed by atoms with Crippen molar-refractivity contribution in [2.24, 2.45) is 11.8 Å². The first-order valence-electron chi connectivity index (χ1n) is 28.8. The second-order valence-electron chi connectivity index (χ2n) is 21.9. The topological polar surface area (TPSA) is 332 Å². The number of benzene rings is 5. The summed E-state index contributed by atoms with van der Waals surface area (Å²) in [5.74, 6) is -1.15. The summed E-state index contributed by atoms with van der Waals surface area (Å²) in [5, 5.41) is 5.83. The van der Waals surface area contributed by atoms with E-state index in [0.717, 1.165) is 0 Å². The molecule has 2 aliphatic heterocycles. The van der Waals surface area contributed by atoms with Gasteiger partial charge in [-0.05, 0) is 89.5 Å². The molecule has 31 heteroatoms. The number of hydrogen-bond donors (Lipinski definition) is 5. The zero-order valence-corrected chi connectivity index (χ0v) is 53.3. The highest BCUT2D eigenvalue weighted by Crippen LogP contribution is 2.56. The fourth-order valence-electron chi connectivity index (χ4n) is 10.3. The molecule has 5 aromatic carbocycles. The zero-order chi connectivity index (χ0) is 65.1. The maximum atomic E-state index is 16.1. The third kappa shape index (κ3) is 14.5. The van der Waals surface area contributed by atoms with Gasteiger partial charge in [-0.2, -0.15) is 9.97 Å². The molecule has 27 nitrogen and oxygen atoms in total. The molecule has 8 atom stereocenters.